The average molecular weight is 630 g/mol. The fraction of sp³-hybridized carbons (Fsp3) is 0.0652. The van der Waals surface area contributed by atoms with E-state index in [-0.39, 0.29) is 5.41 Å². The molecule has 0 N–H and O–H groups in total. The van der Waals surface area contributed by atoms with Crippen LogP contribution < -0.4 is 4.90 Å². The molecule has 0 saturated heterocycles. The van der Waals surface area contributed by atoms with Crippen molar-refractivity contribution in [1.29, 1.82) is 0 Å². The Morgan fingerprint density at radius 2 is 1.00 bits per heavy atom. The van der Waals surface area contributed by atoms with Crippen molar-refractivity contribution in [3.63, 3.8) is 0 Å². The van der Waals surface area contributed by atoms with Crippen LogP contribution in [0.5, 0.6) is 0 Å². The number of nitrogens with zero attached hydrogens (tertiary/aromatic N) is 3. The lowest BCUT2D eigenvalue weighted by molar-refractivity contribution is 0.661. The van der Waals surface area contributed by atoms with Crippen LogP contribution in [0, 0.1) is 0 Å². The van der Waals surface area contributed by atoms with Crippen molar-refractivity contribution < 1.29 is 0 Å². The van der Waals surface area contributed by atoms with Crippen LogP contribution in [0.2, 0.25) is 0 Å². The lowest BCUT2D eigenvalue weighted by Crippen LogP contribution is -2.16. The maximum absolute atomic E-state index is 5.27. The van der Waals surface area contributed by atoms with Gasteiger partial charge in [0.2, 0.25) is 0 Å². The molecule has 49 heavy (non-hydrogen) atoms. The summed E-state index contributed by atoms with van der Waals surface area (Å²) >= 11 is 0. The third-order valence-corrected chi connectivity index (χ3v) is 9.99. The first-order valence-electron chi connectivity index (χ1n) is 16.9. The molecule has 7 aromatic carbocycles. The van der Waals surface area contributed by atoms with Crippen molar-refractivity contribution >= 4 is 28.1 Å². The van der Waals surface area contributed by atoms with E-state index in [1.807, 2.05) is 0 Å². The Labute approximate surface area is 287 Å². The largest absolute Gasteiger partial charge is 0.310 e. The number of imidazole rings is 1. The van der Waals surface area contributed by atoms with E-state index in [0.29, 0.717) is 0 Å². The summed E-state index contributed by atoms with van der Waals surface area (Å²) in [5, 5.41) is 0. The van der Waals surface area contributed by atoms with E-state index in [0.717, 1.165) is 45.2 Å². The Bertz CT molecular complexity index is 2430. The van der Waals surface area contributed by atoms with Gasteiger partial charge in [-0.3, -0.25) is 4.57 Å². The van der Waals surface area contributed by atoms with Gasteiger partial charge < -0.3 is 4.90 Å². The van der Waals surface area contributed by atoms with Crippen LogP contribution >= 0.6 is 0 Å². The molecule has 1 aliphatic carbocycles. The molecule has 0 amide bonds. The SMILES string of the molecule is CC1(C)c2cc(N(c3ccccc3)c3ccc(-c4ccccc4)cc3)ccc2-c2cc3c(cc21)nc(-c1ccccc1)n3-c1ccccc1. The Kier molecular flexibility index (Phi) is 6.80. The van der Waals surface area contributed by atoms with Crippen molar-refractivity contribution in [2.75, 3.05) is 4.90 Å². The average Bonchev–Trinajstić information content (AvgIpc) is 3.64. The normalized spacial score (nSPS) is 12.9. The van der Waals surface area contributed by atoms with E-state index >= 15 is 0 Å². The molecule has 9 rings (SSSR count). The van der Waals surface area contributed by atoms with Crippen LogP contribution in [0.3, 0.4) is 0 Å². The maximum Gasteiger partial charge on any atom is 0.145 e. The fourth-order valence-electron chi connectivity index (χ4n) is 7.51. The molecule has 0 radical (unpaired) electrons. The molecule has 3 heteroatoms. The summed E-state index contributed by atoms with van der Waals surface area (Å²) in [5.74, 6) is 0.954. The highest BCUT2D eigenvalue weighted by Gasteiger charge is 2.37. The van der Waals surface area contributed by atoms with Gasteiger partial charge in [0.25, 0.3) is 0 Å². The molecule has 0 saturated carbocycles. The molecule has 0 spiro atoms. The smallest absolute Gasteiger partial charge is 0.145 e. The van der Waals surface area contributed by atoms with Crippen LogP contribution in [0.15, 0.2) is 176 Å². The Balaban J connectivity index is 1.19. The van der Waals surface area contributed by atoms with Crippen LogP contribution in [-0.2, 0) is 5.41 Å². The van der Waals surface area contributed by atoms with Gasteiger partial charge in [-0.25, -0.2) is 4.98 Å². The van der Waals surface area contributed by atoms with Crippen molar-refractivity contribution in [3.05, 3.63) is 187 Å². The van der Waals surface area contributed by atoms with Crippen molar-refractivity contribution in [2.24, 2.45) is 0 Å². The van der Waals surface area contributed by atoms with E-state index < -0.39 is 0 Å². The predicted molar refractivity (Wildman–Crippen MR) is 204 cm³/mol. The molecule has 0 fully saturated rings. The number of anilines is 3. The predicted octanol–water partition coefficient (Wildman–Crippen LogP) is 12.1. The monoisotopic (exact) mass is 629 g/mol. The molecule has 8 aromatic rings. The number of hydrogen-bond donors (Lipinski definition) is 0. The maximum atomic E-state index is 5.27. The number of aromatic nitrogens is 2. The van der Waals surface area contributed by atoms with Crippen LogP contribution in [0.4, 0.5) is 17.1 Å². The van der Waals surface area contributed by atoms with E-state index in [2.05, 4.69) is 199 Å². The van der Waals surface area contributed by atoms with Crippen LogP contribution in [-0.4, -0.2) is 9.55 Å². The summed E-state index contributed by atoms with van der Waals surface area (Å²) in [6.45, 7) is 4.70. The van der Waals surface area contributed by atoms with Gasteiger partial charge in [0.05, 0.1) is 11.0 Å². The number of hydrogen-bond acceptors (Lipinski definition) is 2. The third-order valence-electron chi connectivity index (χ3n) is 9.99. The molecule has 234 valence electrons. The minimum atomic E-state index is -0.210. The quantitative estimate of drug-likeness (QED) is 0.182. The Hall–Kier alpha value is -6.19. The highest BCUT2D eigenvalue weighted by atomic mass is 15.1. The van der Waals surface area contributed by atoms with E-state index in [4.69, 9.17) is 4.98 Å². The summed E-state index contributed by atoms with van der Waals surface area (Å²) in [5.41, 5.74) is 15.1. The van der Waals surface area contributed by atoms with E-state index in [9.17, 15) is 0 Å². The zero-order chi connectivity index (χ0) is 33.0. The topological polar surface area (TPSA) is 21.1 Å². The Morgan fingerprint density at radius 1 is 0.469 bits per heavy atom. The minimum Gasteiger partial charge on any atom is -0.310 e. The molecule has 0 aliphatic heterocycles. The van der Waals surface area contributed by atoms with Crippen LogP contribution in [0.1, 0.15) is 25.0 Å². The van der Waals surface area contributed by atoms with Gasteiger partial charge in [0.1, 0.15) is 5.82 Å². The van der Waals surface area contributed by atoms with Crippen LogP contribution in [0.25, 0.3) is 50.4 Å². The summed E-state index contributed by atoms with van der Waals surface area (Å²) < 4.78 is 2.31. The van der Waals surface area contributed by atoms with Gasteiger partial charge in [-0.2, -0.15) is 0 Å². The standard InChI is InChI=1S/C46H35N3/c1-46(2)41-29-38(48(35-19-11-5-12-20-35)37-25-23-33(24-26-37)32-15-7-3-8-16-32)27-28-39(41)40-30-44-43(31-42(40)46)47-45(34-17-9-4-10-18-34)49(44)36-21-13-6-14-22-36/h3-31H,1-2H3. The lowest BCUT2D eigenvalue weighted by Gasteiger charge is -2.28. The number of para-hydroxylation sites is 2. The first-order valence-corrected chi connectivity index (χ1v) is 16.9. The molecule has 1 aromatic heterocycles. The summed E-state index contributed by atoms with van der Waals surface area (Å²) in [6, 6.07) is 62.9. The molecular formula is C46H35N3. The first-order chi connectivity index (χ1) is 24.1. The second kappa shape index (κ2) is 11.5. The number of fused-ring (bicyclic) bond motifs is 4. The van der Waals surface area contributed by atoms with Gasteiger partial charge in [-0.15, -0.1) is 0 Å². The molecule has 0 atom stereocenters. The molecule has 3 nitrogen and oxygen atoms in total. The molecular weight excluding hydrogens is 595 g/mol. The Morgan fingerprint density at radius 3 is 1.67 bits per heavy atom. The summed E-state index contributed by atoms with van der Waals surface area (Å²) in [6.07, 6.45) is 0. The van der Waals surface area contributed by atoms with E-state index in [1.54, 1.807) is 0 Å². The summed E-state index contributed by atoms with van der Waals surface area (Å²) in [7, 11) is 0. The molecule has 0 bridgehead atoms. The molecule has 0 unspecified atom stereocenters. The second-order valence-electron chi connectivity index (χ2n) is 13.3. The zero-order valence-electron chi connectivity index (χ0n) is 27.6. The first kappa shape index (κ1) is 29.0. The highest BCUT2D eigenvalue weighted by molar-refractivity contribution is 5.94. The van der Waals surface area contributed by atoms with Crippen molar-refractivity contribution in [2.45, 2.75) is 19.3 Å². The minimum absolute atomic E-state index is 0.210. The third kappa shape index (κ3) is 4.86. The van der Waals surface area contributed by atoms with Gasteiger partial charge in [0.15, 0.2) is 0 Å². The van der Waals surface area contributed by atoms with Crippen molar-refractivity contribution in [3.8, 4) is 39.3 Å². The van der Waals surface area contributed by atoms with Gasteiger partial charge in [0, 0.05) is 33.7 Å². The number of rotatable bonds is 6. The fourth-order valence-corrected chi connectivity index (χ4v) is 7.51. The lowest BCUT2D eigenvalue weighted by atomic mass is 9.82. The highest BCUT2D eigenvalue weighted by Crippen LogP contribution is 2.52. The van der Waals surface area contributed by atoms with Gasteiger partial charge in [-0.1, -0.05) is 129 Å². The molecule has 1 aliphatic rings. The summed E-state index contributed by atoms with van der Waals surface area (Å²) in [4.78, 5) is 7.64. The van der Waals surface area contributed by atoms with E-state index in [1.165, 1.54) is 33.4 Å². The molecule has 1 heterocycles. The van der Waals surface area contributed by atoms with Gasteiger partial charge in [-0.05, 0) is 94.0 Å². The van der Waals surface area contributed by atoms with Gasteiger partial charge >= 0.3 is 0 Å². The zero-order valence-corrected chi connectivity index (χ0v) is 27.6. The number of benzene rings is 7. The second-order valence-corrected chi connectivity index (χ2v) is 13.3. The van der Waals surface area contributed by atoms with Crippen molar-refractivity contribution in [1.82, 2.24) is 9.55 Å².